The van der Waals surface area contributed by atoms with Crippen molar-refractivity contribution in [3.63, 3.8) is 0 Å². The predicted octanol–water partition coefficient (Wildman–Crippen LogP) is 6.46. The molecule has 0 aliphatic carbocycles. The lowest BCUT2D eigenvalue weighted by Crippen LogP contribution is -2.31. The minimum Gasteiger partial charge on any atom is -0.507 e. The zero-order valence-electron chi connectivity index (χ0n) is 22.5. The molecule has 1 amide bonds. The van der Waals surface area contributed by atoms with Gasteiger partial charge in [0.1, 0.15) is 23.1 Å². The van der Waals surface area contributed by atoms with E-state index in [1.807, 2.05) is 24.3 Å². The second-order valence-electron chi connectivity index (χ2n) is 10.4. The van der Waals surface area contributed by atoms with E-state index in [1.165, 1.54) is 43.4 Å². The maximum atomic E-state index is 13.4. The van der Waals surface area contributed by atoms with Crippen molar-refractivity contribution in [1.82, 2.24) is 4.90 Å². The van der Waals surface area contributed by atoms with Gasteiger partial charge in [-0.1, -0.05) is 68.8 Å². The summed E-state index contributed by atoms with van der Waals surface area (Å²) >= 11 is 6.34. The largest absolute Gasteiger partial charge is 0.507 e. The van der Waals surface area contributed by atoms with Crippen LogP contribution in [0.25, 0.3) is 5.76 Å². The summed E-state index contributed by atoms with van der Waals surface area (Å²) in [7, 11) is 2.87. The molecule has 1 aliphatic rings. The average Bonchev–Trinajstić information content (AvgIpc) is 3.16. The molecule has 1 saturated heterocycles. The van der Waals surface area contributed by atoms with E-state index in [0.29, 0.717) is 17.7 Å². The van der Waals surface area contributed by atoms with Crippen molar-refractivity contribution >= 4 is 29.1 Å². The molecular formula is C31H31ClFNO5. The number of rotatable bonds is 7. The first-order valence-corrected chi connectivity index (χ1v) is 12.9. The van der Waals surface area contributed by atoms with Crippen LogP contribution < -0.4 is 9.47 Å². The lowest BCUT2D eigenvalue weighted by atomic mass is 9.85. The minimum atomic E-state index is -0.856. The molecule has 1 atom stereocenters. The fourth-order valence-corrected chi connectivity index (χ4v) is 4.95. The quantitative estimate of drug-likeness (QED) is 0.207. The van der Waals surface area contributed by atoms with Gasteiger partial charge in [-0.2, -0.15) is 0 Å². The number of ketones is 1. The van der Waals surface area contributed by atoms with Crippen molar-refractivity contribution in [1.29, 1.82) is 0 Å². The number of amides is 1. The third-order valence-corrected chi connectivity index (χ3v) is 7.21. The first-order chi connectivity index (χ1) is 18.5. The van der Waals surface area contributed by atoms with Gasteiger partial charge in [0, 0.05) is 12.6 Å². The summed E-state index contributed by atoms with van der Waals surface area (Å²) in [5, 5.41) is 11.7. The highest BCUT2D eigenvalue weighted by Gasteiger charge is 2.46. The minimum absolute atomic E-state index is 0.0675. The van der Waals surface area contributed by atoms with Crippen LogP contribution in [0, 0.1) is 5.82 Å². The summed E-state index contributed by atoms with van der Waals surface area (Å²) in [6.45, 7) is 6.46. The van der Waals surface area contributed by atoms with Crippen molar-refractivity contribution in [3.8, 4) is 11.5 Å². The van der Waals surface area contributed by atoms with Gasteiger partial charge in [-0.25, -0.2) is 4.39 Å². The molecule has 6 nitrogen and oxygen atoms in total. The summed E-state index contributed by atoms with van der Waals surface area (Å²) in [5.41, 5.74) is 2.55. The normalized spacial score (nSPS) is 17.0. The lowest BCUT2D eigenvalue weighted by Gasteiger charge is -2.27. The molecular weight excluding hydrogens is 521 g/mol. The Labute approximate surface area is 232 Å². The van der Waals surface area contributed by atoms with Gasteiger partial charge in [-0.05, 0) is 46.7 Å². The Morgan fingerprint density at radius 2 is 1.59 bits per heavy atom. The standard InChI is InChI=1S/C31H31ClFNO5/c1-31(2,3)20-10-8-19(9-11-20)27-26(28(35)22-16-23(32)25(39-5)17-24(22)38-4)29(36)30(37)34(27)15-14-18-6-12-21(33)13-7-18/h6-13,16-17,27,35H,14-15H2,1-5H3/b28-26+. The molecule has 0 spiro atoms. The number of benzene rings is 3. The first-order valence-electron chi connectivity index (χ1n) is 12.5. The number of methoxy groups -OCH3 is 2. The topological polar surface area (TPSA) is 76.1 Å². The number of aliphatic hydroxyl groups excluding tert-OH is 1. The van der Waals surface area contributed by atoms with E-state index in [0.717, 1.165) is 11.1 Å². The van der Waals surface area contributed by atoms with Crippen molar-refractivity contribution in [2.45, 2.75) is 38.6 Å². The van der Waals surface area contributed by atoms with Crippen LogP contribution in [-0.4, -0.2) is 42.5 Å². The van der Waals surface area contributed by atoms with E-state index in [1.54, 1.807) is 12.1 Å². The monoisotopic (exact) mass is 551 g/mol. The van der Waals surface area contributed by atoms with Gasteiger partial charge >= 0.3 is 0 Å². The summed E-state index contributed by atoms with van der Waals surface area (Å²) in [6.07, 6.45) is 0.390. The highest BCUT2D eigenvalue weighted by Crippen LogP contribution is 2.43. The van der Waals surface area contributed by atoms with Crippen LogP contribution in [0.2, 0.25) is 5.02 Å². The van der Waals surface area contributed by atoms with Crippen LogP contribution in [0.5, 0.6) is 11.5 Å². The number of hydrogen-bond acceptors (Lipinski definition) is 5. The van der Waals surface area contributed by atoms with E-state index in [4.69, 9.17) is 21.1 Å². The second-order valence-corrected chi connectivity index (χ2v) is 10.8. The van der Waals surface area contributed by atoms with Gasteiger partial charge in [0.25, 0.3) is 11.7 Å². The Bertz CT molecular complexity index is 1430. The fraction of sp³-hybridized carbons (Fsp3) is 0.290. The van der Waals surface area contributed by atoms with Crippen LogP contribution in [0.1, 0.15) is 49.1 Å². The van der Waals surface area contributed by atoms with Crippen LogP contribution >= 0.6 is 11.6 Å². The fourth-order valence-electron chi connectivity index (χ4n) is 4.71. The predicted molar refractivity (Wildman–Crippen MR) is 149 cm³/mol. The van der Waals surface area contributed by atoms with E-state index in [-0.39, 0.29) is 39.7 Å². The number of aliphatic hydroxyl groups is 1. The number of carbonyl (C=O) groups excluding carboxylic acids is 2. The zero-order chi connectivity index (χ0) is 28.5. The number of carbonyl (C=O) groups is 2. The summed E-state index contributed by atoms with van der Waals surface area (Å²) < 4.78 is 24.1. The van der Waals surface area contributed by atoms with Gasteiger partial charge in [0.05, 0.1) is 36.4 Å². The molecule has 0 saturated carbocycles. The molecule has 0 bridgehead atoms. The molecule has 3 aromatic carbocycles. The molecule has 1 heterocycles. The zero-order valence-corrected chi connectivity index (χ0v) is 23.3. The maximum Gasteiger partial charge on any atom is 0.295 e. The summed E-state index contributed by atoms with van der Waals surface area (Å²) in [6, 6.07) is 15.7. The Morgan fingerprint density at radius 1 is 0.974 bits per heavy atom. The molecule has 0 radical (unpaired) electrons. The van der Waals surface area contributed by atoms with E-state index in [2.05, 4.69) is 20.8 Å². The van der Waals surface area contributed by atoms with Gasteiger partial charge in [-0.15, -0.1) is 0 Å². The molecule has 39 heavy (non-hydrogen) atoms. The van der Waals surface area contributed by atoms with Gasteiger partial charge in [0.2, 0.25) is 0 Å². The highest BCUT2D eigenvalue weighted by atomic mass is 35.5. The number of nitrogens with zero attached hydrogens (tertiary/aromatic N) is 1. The van der Waals surface area contributed by atoms with Gasteiger partial charge in [0.15, 0.2) is 0 Å². The maximum absolute atomic E-state index is 13.4. The highest BCUT2D eigenvalue weighted by molar-refractivity contribution is 6.46. The number of ether oxygens (including phenoxy) is 2. The van der Waals surface area contributed by atoms with E-state index >= 15 is 0 Å². The first kappa shape index (κ1) is 28.2. The Kier molecular flexibility index (Phi) is 8.02. The van der Waals surface area contributed by atoms with Crippen molar-refractivity contribution in [2.75, 3.05) is 20.8 Å². The second kappa shape index (κ2) is 11.1. The summed E-state index contributed by atoms with van der Waals surface area (Å²) in [5.74, 6) is -1.74. The Hall–Kier alpha value is -3.84. The van der Waals surface area contributed by atoms with E-state index in [9.17, 15) is 19.1 Å². The van der Waals surface area contributed by atoms with E-state index < -0.39 is 23.5 Å². The third kappa shape index (κ3) is 5.64. The smallest absolute Gasteiger partial charge is 0.295 e. The summed E-state index contributed by atoms with van der Waals surface area (Å²) in [4.78, 5) is 28.2. The lowest BCUT2D eigenvalue weighted by molar-refractivity contribution is -0.139. The number of hydrogen-bond donors (Lipinski definition) is 1. The van der Waals surface area contributed by atoms with Crippen LogP contribution in [0.4, 0.5) is 4.39 Å². The Morgan fingerprint density at radius 3 is 2.15 bits per heavy atom. The molecule has 1 aliphatic heterocycles. The number of halogens is 2. The van der Waals surface area contributed by atoms with Crippen LogP contribution in [0.3, 0.4) is 0 Å². The molecule has 4 rings (SSSR count). The average molecular weight is 552 g/mol. The molecule has 0 aromatic heterocycles. The van der Waals surface area contributed by atoms with Crippen LogP contribution in [-0.2, 0) is 21.4 Å². The molecule has 1 unspecified atom stereocenters. The number of likely N-dealkylation sites (tertiary alicyclic amines) is 1. The SMILES string of the molecule is COc1cc(OC)c(/C(O)=C2\C(=O)C(=O)N(CCc3ccc(F)cc3)C2c2ccc(C(C)(C)C)cc2)cc1Cl. The van der Waals surface area contributed by atoms with Gasteiger partial charge in [-0.3, -0.25) is 9.59 Å². The molecule has 1 fully saturated rings. The molecule has 1 N–H and O–H groups in total. The van der Waals surface area contributed by atoms with Crippen LogP contribution in [0.15, 0.2) is 66.2 Å². The number of Topliss-reactive ketones (excluding diaryl/α,β-unsaturated/α-hetero) is 1. The van der Waals surface area contributed by atoms with Crippen molar-refractivity contribution < 1.29 is 28.6 Å². The third-order valence-electron chi connectivity index (χ3n) is 6.92. The molecule has 8 heteroatoms. The molecule has 204 valence electrons. The van der Waals surface area contributed by atoms with Crippen molar-refractivity contribution in [2.24, 2.45) is 0 Å². The van der Waals surface area contributed by atoms with Crippen molar-refractivity contribution in [3.05, 3.63) is 99.3 Å². The molecule has 3 aromatic rings. The Balaban J connectivity index is 1.85. The van der Waals surface area contributed by atoms with Gasteiger partial charge < -0.3 is 19.5 Å².